The third-order valence-corrected chi connectivity index (χ3v) is 15.3. The maximum Gasteiger partial charge on any atom is 0.164 e. The highest BCUT2D eigenvalue weighted by molar-refractivity contribution is 6.27. The van der Waals surface area contributed by atoms with Gasteiger partial charge in [-0.3, -0.25) is 0 Å². The summed E-state index contributed by atoms with van der Waals surface area (Å²) in [6.07, 6.45) is 0. The Balaban J connectivity index is 1.08. The second-order valence-corrected chi connectivity index (χ2v) is 19.5. The van der Waals surface area contributed by atoms with Gasteiger partial charge in [0.15, 0.2) is 17.5 Å². The molecule has 4 aromatic heterocycles. The number of aromatic nitrogens is 5. The first-order valence-corrected chi connectivity index (χ1v) is 24.4. The molecule has 0 unspecified atom stereocenters. The molecule has 1 aliphatic carbocycles. The van der Waals surface area contributed by atoms with Crippen molar-refractivity contribution < 1.29 is 0 Å². The largest absolute Gasteiger partial charge is 0.307 e. The monoisotopic (exact) mass is 905 g/mol. The maximum atomic E-state index is 5.47. The summed E-state index contributed by atoms with van der Waals surface area (Å²) >= 11 is 0. The van der Waals surface area contributed by atoms with Crippen LogP contribution in [-0.2, 0) is 5.41 Å². The second-order valence-electron chi connectivity index (χ2n) is 19.5. The van der Waals surface area contributed by atoms with Gasteiger partial charge in [-0.1, -0.05) is 208 Å². The molecule has 5 heteroatoms. The van der Waals surface area contributed by atoms with Gasteiger partial charge in [-0.05, 0) is 74.8 Å². The Labute approximate surface area is 409 Å². The average molecular weight is 906 g/mol. The zero-order chi connectivity index (χ0) is 47.0. The van der Waals surface area contributed by atoms with Gasteiger partial charge in [-0.15, -0.1) is 0 Å². The molecule has 0 saturated heterocycles. The van der Waals surface area contributed by atoms with Crippen molar-refractivity contribution in [2.75, 3.05) is 0 Å². The highest BCUT2D eigenvalue weighted by atomic mass is 15.0. The molecule has 0 fully saturated rings. The molecule has 10 aromatic carbocycles. The van der Waals surface area contributed by atoms with Crippen LogP contribution in [0.3, 0.4) is 0 Å². The summed E-state index contributed by atoms with van der Waals surface area (Å²) in [5.74, 6) is 1.87. The summed E-state index contributed by atoms with van der Waals surface area (Å²) in [6, 6.07) is 81.2. The lowest BCUT2D eigenvalue weighted by molar-refractivity contribution is 0.666. The van der Waals surface area contributed by atoms with Gasteiger partial charge >= 0.3 is 0 Å². The molecule has 15 rings (SSSR count). The summed E-state index contributed by atoms with van der Waals surface area (Å²) < 4.78 is 5.08. The number of hydrogen-bond acceptors (Lipinski definition) is 3. The zero-order valence-electron chi connectivity index (χ0n) is 39.1. The standard InChI is InChI=1S/C66H43N5/c1-66(2)53-24-12-9-20-46(53)48-38-39-56-59(60(48)66)51-36-37-52(58-50-22-11-14-26-55(50)71(62(51)58)57-27-15-23-49-47-21-10-13-25-54(47)70(56)61(49)57)65-68-63(44-32-28-42(29-33-44)40-16-5-3-6-17-40)67-64(69-65)45-34-30-43(31-35-45)41-18-7-4-8-19-41/h3-39H,1-2H3. The summed E-state index contributed by atoms with van der Waals surface area (Å²) in [6.45, 7) is 4.81. The molecule has 4 heterocycles. The highest BCUT2D eigenvalue weighted by Crippen LogP contribution is 2.54. The minimum atomic E-state index is -0.288. The molecular weight excluding hydrogens is 863 g/mol. The number of benzene rings is 10. The molecule has 0 atom stereocenters. The van der Waals surface area contributed by atoms with Gasteiger partial charge < -0.3 is 8.80 Å². The molecule has 0 bridgehead atoms. The molecule has 14 aromatic rings. The van der Waals surface area contributed by atoms with Crippen LogP contribution in [0.5, 0.6) is 0 Å². The first-order chi connectivity index (χ1) is 35.0. The smallest absolute Gasteiger partial charge is 0.164 e. The van der Waals surface area contributed by atoms with Gasteiger partial charge in [0, 0.05) is 54.4 Å². The fourth-order valence-corrected chi connectivity index (χ4v) is 12.1. The third kappa shape index (κ3) is 5.72. The normalized spacial score (nSPS) is 13.0. The number of nitrogens with zero attached hydrogens (tertiary/aromatic N) is 5. The summed E-state index contributed by atoms with van der Waals surface area (Å²) in [5, 5.41) is 7.13. The number of hydrogen-bond donors (Lipinski definition) is 0. The third-order valence-electron chi connectivity index (χ3n) is 15.3. The lowest BCUT2D eigenvalue weighted by Gasteiger charge is -2.24. The van der Waals surface area contributed by atoms with Crippen LogP contribution in [0.2, 0.25) is 0 Å². The molecule has 1 aliphatic rings. The minimum Gasteiger partial charge on any atom is -0.307 e. The Morgan fingerprint density at radius 3 is 1.46 bits per heavy atom. The molecule has 5 nitrogen and oxygen atoms in total. The zero-order valence-corrected chi connectivity index (χ0v) is 39.1. The molecule has 0 saturated carbocycles. The van der Waals surface area contributed by atoms with E-state index in [0.717, 1.165) is 66.3 Å². The number of para-hydroxylation sites is 3. The van der Waals surface area contributed by atoms with Gasteiger partial charge in [-0.2, -0.15) is 0 Å². The van der Waals surface area contributed by atoms with E-state index >= 15 is 0 Å². The Morgan fingerprint density at radius 2 is 0.789 bits per heavy atom. The van der Waals surface area contributed by atoms with Crippen LogP contribution >= 0.6 is 0 Å². The van der Waals surface area contributed by atoms with Crippen molar-refractivity contribution in [1.29, 1.82) is 0 Å². The van der Waals surface area contributed by atoms with E-state index in [1.54, 1.807) is 0 Å². The predicted octanol–water partition coefficient (Wildman–Crippen LogP) is 16.8. The van der Waals surface area contributed by atoms with Crippen LogP contribution in [0.25, 0.3) is 133 Å². The van der Waals surface area contributed by atoms with Crippen LogP contribution < -0.4 is 0 Å². The van der Waals surface area contributed by atoms with E-state index in [0.29, 0.717) is 17.5 Å². The molecular formula is C66H43N5. The minimum absolute atomic E-state index is 0.288. The Bertz CT molecular complexity index is 4410. The van der Waals surface area contributed by atoms with Crippen LogP contribution in [0.1, 0.15) is 25.0 Å². The Hall–Kier alpha value is -9.19. The van der Waals surface area contributed by atoms with E-state index in [9.17, 15) is 0 Å². The second kappa shape index (κ2) is 14.9. The van der Waals surface area contributed by atoms with E-state index < -0.39 is 0 Å². The predicted molar refractivity (Wildman–Crippen MR) is 294 cm³/mol. The molecule has 0 aliphatic heterocycles. The lowest BCUT2D eigenvalue weighted by atomic mass is 9.80. The van der Waals surface area contributed by atoms with E-state index in [1.807, 2.05) is 0 Å². The van der Waals surface area contributed by atoms with Crippen LogP contribution in [0.15, 0.2) is 224 Å². The molecule has 0 radical (unpaired) electrons. The van der Waals surface area contributed by atoms with Crippen molar-refractivity contribution in [3.05, 3.63) is 236 Å². The first-order valence-electron chi connectivity index (χ1n) is 24.4. The summed E-state index contributed by atoms with van der Waals surface area (Å²) in [7, 11) is 0. The topological polar surface area (TPSA) is 47.5 Å². The van der Waals surface area contributed by atoms with Crippen molar-refractivity contribution in [1.82, 2.24) is 23.8 Å². The SMILES string of the molecule is CC1(C)c2ccccc2-c2ccc3c(c21)c1ccc(-c2nc(-c4ccc(-c5ccccc5)cc4)nc(-c4ccc(-c5ccccc5)cc4)n2)c2c4ccccc4n(c4cccc5c6ccccc6n3c54)c12. The quantitative estimate of drug-likeness (QED) is 0.173. The first kappa shape index (κ1) is 39.8. The van der Waals surface area contributed by atoms with Gasteiger partial charge in [0.1, 0.15) is 0 Å². The fourth-order valence-electron chi connectivity index (χ4n) is 12.1. The van der Waals surface area contributed by atoms with E-state index in [2.05, 4.69) is 247 Å². The Morgan fingerprint density at radius 1 is 0.296 bits per heavy atom. The summed E-state index contributed by atoms with van der Waals surface area (Å²) in [4.78, 5) is 16.2. The van der Waals surface area contributed by atoms with Crippen molar-refractivity contribution >= 4 is 65.4 Å². The van der Waals surface area contributed by atoms with E-state index in [4.69, 9.17) is 15.0 Å². The van der Waals surface area contributed by atoms with Crippen LogP contribution in [0, 0.1) is 0 Å². The maximum absolute atomic E-state index is 5.47. The van der Waals surface area contributed by atoms with Crippen molar-refractivity contribution in [2.45, 2.75) is 19.3 Å². The Kier molecular flexibility index (Phi) is 8.35. The average Bonchev–Trinajstić information content (AvgIpc) is 4.04. The molecule has 332 valence electrons. The highest BCUT2D eigenvalue weighted by Gasteiger charge is 2.38. The van der Waals surface area contributed by atoms with E-state index in [1.165, 1.54) is 60.3 Å². The molecule has 0 amide bonds. The van der Waals surface area contributed by atoms with Crippen molar-refractivity contribution in [3.63, 3.8) is 0 Å². The molecule has 71 heavy (non-hydrogen) atoms. The van der Waals surface area contributed by atoms with Gasteiger partial charge in [-0.25, -0.2) is 15.0 Å². The fraction of sp³-hybridized carbons (Fsp3) is 0.0455. The van der Waals surface area contributed by atoms with Crippen LogP contribution in [-0.4, -0.2) is 23.8 Å². The summed E-state index contributed by atoms with van der Waals surface area (Å²) in [5.41, 5.74) is 19.3. The van der Waals surface area contributed by atoms with Gasteiger partial charge in [0.25, 0.3) is 0 Å². The molecule has 0 N–H and O–H groups in total. The van der Waals surface area contributed by atoms with Crippen LogP contribution in [0.4, 0.5) is 0 Å². The lowest BCUT2D eigenvalue weighted by Crippen LogP contribution is -2.15. The van der Waals surface area contributed by atoms with Crippen molar-refractivity contribution in [2.24, 2.45) is 0 Å². The molecule has 0 spiro atoms. The van der Waals surface area contributed by atoms with E-state index in [-0.39, 0.29) is 5.41 Å². The number of fused-ring (bicyclic) bond motifs is 14. The van der Waals surface area contributed by atoms with Crippen molar-refractivity contribution in [3.8, 4) is 67.5 Å². The van der Waals surface area contributed by atoms with Gasteiger partial charge in [0.05, 0.1) is 33.1 Å². The van der Waals surface area contributed by atoms with Gasteiger partial charge in [0.2, 0.25) is 0 Å². The number of rotatable bonds is 5.